The number of amides is 1. The number of nitrogens with one attached hydrogen (secondary N) is 1. The van der Waals surface area contributed by atoms with Crippen molar-refractivity contribution in [2.45, 2.75) is 58.5 Å². The molecule has 1 aliphatic heterocycles. The number of hydrogen-bond donors (Lipinski definition) is 3. The van der Waals surface area contributed by atoms with Crippen LogP contribution < -0.4 is 11.1 Å². The van der Waals surface area contributed by atoms with Crippen molar-refractivity contribution in [1.82, 2.24) is 29.7 Å². The van der Waals surface area contributed by atoms with Gasteiger partial charge in [0.25, 0.3) is 0 Å². The molecule has 1 fully saturated rings. The van der Waals surface area contributed by atoms with Crippen LogP contribution in [0.1, 0.15) is 49.6 Å². The maximum absolute atomic E-state index is 13.8. The maximum Gasteiger partial charge on any atom is 0.309 e. The van der Waals surface area contributed by atoms with E-state index in [4.69, 9.17) is 15.5 Å². The van der Waals surface area contributed by atoms with Gasteiger partial charge in [-0.15, -0.1) is 0 Å². The lowest BCUT2D eigenvalue weighted by Crippen LogP contribution is -2.42. The van der Waals surface area contributed by atoms with Crippen molar-refractivity contribution in [2.24, 2.45) is 0 Å². The van der Waals surface area contributed by atoms with Gasteiger partial charge in [-0.2, -0.15) is 12.6 Å². The number of esters is 1. The Labute approximate surface area is 278 Å². The molecule has 248 valence electrons. The number of nitrogens with two attached hydrogens (primary N) is 1. The van der Waals surface area contributed by atoms with Gasteiger partial charge in [0, 0.05) is 44.5 Å². The molecule has 0 atom stereocenters. The van der Waals surface area contributed by atoms with Crippen molar-refractivity contribution < 1.29 is 14.3 Å². The number of unbranched alkanes of at least 4 members (excludes halogenated alkanes) is 1. The Kier molecular flexibility index (Phi) is 13.7. The zero-order valence-corrected chi connectivity index (χ0v) is 28.4. The smallest absolute Gasteiger partial charge is 0.309 e. The lowest BCUT2D eigenvalue weighted by Gasteiger charge is -2.27. The highest BCUT2D eigenvalue weighted by Crippen LogP contribution is 2.29. The SMILES string of the molecule is CCCCc1nc2c(N)nc3ccccc3c2n1CCCN(Cc1cccc(CC(=O)OC)c1)C(=O)CN1CCCNCC1.CS. The molecule has 10 nitrogen and oxygen atoms in total. The van der Waals surface area contributed by atoms with E-state index in [1.54, 1.807) is 6.26 Å². The Morgan fingerprint density at radius 1 is 1.04 bits per heavy atom. The van der Waals surface area contributed by atoms with Crippen molar-refractivity contribution in [3.05, 3.63) is 65.5 Å². The van der Waals surface area contributed by atoms with Gasteiger partial charge >= 0.3 is 5.97 Å². The van der Waals surface area contributed by atoms with Gasteiger partial charge in [0.2, 0.25) is 5.91 Å². The van der Waals surface area contributed by atoms with Gasteiger partial charge in [-0.25, -0.2) is 9.97 Å². The number of nitrogen functional groups attached to an aromatic ring is 1. The number of carbonyl (C=O) groups is 2. The quantitative estimate of drug-likeness (QED) is 0.144. The molecule has 0 radical (unpaired) electrons. The predicted molar refractivity (Wildman–Crippen MR) is 189 cm³/mol. The van der Waals surface area contributed by atoms with Crippen LogP contribution in [0, 0.1) is 0 Å². The van der Waals surface area contributed by atoms with Gasteiger partial charge in [0.05, 0.1) is 31.1 Å². The number of pyridine rings is 1. The first-order chi connectivity index (χ1) is 22.5. The third-order valence-electron chi connectivity index (χ3n) is 8.34. The fourth-order valence-electron chi connectivity index (χ4n) is 6.03. The number of methoxy groups -OCH3 is 1. The number of rotatable bonds is 13. The lowest BCUT2D eigenvalue weighted by molar-refractivity contribution is -0.139. The molecular formula is C35H49N7O3S. The summed E-state index contributed by atoms with van der Waals surface area (Å²) in [6.45, 7) is 8.00. The molecule has 0 bridgehead atoms. The topological polar surface area (TPSA) is 119 Å². The van der Waals surface area contributed by atoms with Crippen molar-refractivity contribution >= 4 is 52.3 Å². The fourth-order valence-corrected chi connectivity index (χ4v) is 6.03. The van der Waals surface area contributed by atoms with Gasteiger partial charge in [-0.05, 0) is 55.8 Å². The summed E-state index contributed by atoms with van der Waals surface area (Å²) >= 11 is 3.53. The van der Waals surface area contributed by atoms with Gasteiger partial charge in [0.1, 0.15) is 11.3 Å². The number of nitrogens with zero attached hydrogens (tertiary/aromatic N) is 5. The number of ether oxygens (including phenoxy) is 1. The van der Waals surface area contributed by atoms with Crippen LogP contribution in [0.4, 0.5) is 5.82 Å². The Balaban J connectivity index is 0.00000235. The van der Waals surface area contributed by atoms with E-state index in [0.29, 0.717) is 32.0 Å². The minimum absolute atomic E-state index is 0.117. The number of aromatic nitrogens is 3. The van der Waals surface area contributed by atoms with Crippen LogP contribution in [0.15, 0.2) is 48.5 Å². The molecule has 0 spiro atoms. The first-order valence-corrected chi connectivity index (χ1v) is 17.2. The van der Waals surface area contributed by atoms with Crippen LogP contribution in [0.3, 0.4) is 0 Å². The van der Waals surface area contributed by atoms with Crippen LogP contribution in [0.25, 0.3) is 21.9 Å². The predicted octanol–water partition coefficient (Wildman–Crippen LogP) is 4.49. The molecule has 1 amide bonds. The molecule has 0 aliphatic carbocycles. The number of imidazole rings is 1. The van der Waals surface area contributed by atoms with Gasteiger partial charge in [0.15, 0.2) is 5.82 Å². The molecule has 2 aromatic carbocycles. The van der Waals surface area contributed by atoms with Crippen molar-refractivity contribution in [3.63, 3.8) is 0 Å². The summed E-state index contributed by atoms with van der Waals surface area (Å²) in [5.74, 6) is 1.30. The second-order valence-corrected chi connectivity index (χ2v) is 11.6. The molecule has 5 rings (SSSR count). The third kappa shape index (κ3) is 9.20. The van der Waals surface area contributed by atoms with E-state index in [9.17, 15) is 9.59 Å². The highest BCUT2D eigenvalue weighted by molar-refractivity contribution is 7.79. The summed E-state index contributed by atoms with van der Waals surface area (Å²) in [5.41, 5.74) is 10.9. The van der Waals surface area contributed by atoms with E-state index in [0.717, 1.165) is 97.2 Å². The highest BCUT2D eigenvalue weighted by atomic mass is 32.1. The Hall–Kier alpha value is -3.67. The molecule has 3 heterocycles. The number of hydrogen-bond acceptors (Lipinski definition) is 9. The molecule has 2 aromatic heterocycles. The molecule has 1 aliphatic rings. The third-order valence-corrected chi connectivity index (χ3v) is 8.34. The summed E-state index contributed by atoms with van der Waals surface area (Å²) in [4.78, 5) is 39.5. The molecule has 0 saturated carbocycles. The average molecular weight is 648 g/mol. The largest absolute Gasteiger partial charge is 0.469 e. The summed E-state index contributed by atoms with van der Waals surface area (Å²) in [7, 11) is 1.40. The number of benzene rings is 2. The zero-order chi connectivity index (χ0) is 32.9. The minimum Gasteiger partial charge on any atom is -0.469 e. The Morgan fingerprint density at radius 2 is 1.85 bits per heavy atom. The van der Waals surface area contributed by atoms with Crippen LogP contribution in [0.5, 0.6) is 0 Å². The number of thiol groups is 1. The molecule has 11 heteroatoms. The second-order valence-electron chi connectivity index (χ2n) is 11.6. The monoisotopic (exact) mass is 647 g/mol. The Morgan fingerprint density at radius 3 is 2.65 bits per heavy atom. The highest BCUT2D eigenvalue weighted by Gasteiger charge is 2.21. The number of fused-ring (bicyclic) bond motifs is 3. The van der Waals surface area contributed by atoms with E-state index in [1.807, 2.05) is 47.4 Å². The van der Waals surface area contributed by atoms with Gasteiger partial charge < -0.3 is 25.3 Å². The lowest BCUT2D eigenvalue weighted by atomic mass is 10.1. The fraction of sp³-hybridized carbons (Fsp3) is 0.486. The summed E-state index contributed by atoms with van der Waals surface area (Å²) in [5, 5.41) is 4.46. The maximum atomic E-state index is 13.8. The zero-order valence-electron chi connectivity index (χ0n) is 27.5. The Bertz CT molecular complexity index is 1580. The van der Waals surface area contributed by atoms with Gasteiger partial charge in [-0.3, -0.25) is 14.5 Å². The van der Waals surface area contributed by atoms with Crippen molar-refractivity contribution in [3.8, 4) is 0 Å². The van der Waals surface area contributed by atoms with E-state index in [-0.39, 0.29) is 18.3 Å². The van der Waals surface area contributed by atoms with Crippen molar-refractivity contribution in [1.29, 1.82) is 0 Å². The minimum atomic E-state index is -0.278. The summed E-state index contributed by atoms with van der Waals surface area (Å²) in [6, 6.07) is 16.0. The van der Waals surface area contributed by atoms with Gasteiger partial charge in [-0.1, -0.05) is 55.8 Å². The molecular weight excluding hydrogens is 598 g/mol. The van der Waals surface area contributed by atoms with Crippen LogP contribution >= 0.6 is 12.6 Å². The molecule has 3 N–H and O–H groups in total. The number of aryl methyl sites for hydroxylation is 2. The van der Waals surface area contributed by atoms with Crippen LogP contribution in [-0.4, -0.2) is 88.8 Å². The second kappa shape index (κ2) is 17.9. The van der Waals surface area contributed by atoms with E-state index in [1.165, 1.54) is 7.11 Å². The van der Waals surface area contributed by atoms with E-state index in [2.05, 4.69) is 45.4 Å². The van der Waals surface area contributed by atoms with E-state index < -0.39 is 0 Å². The standard InChI is InChI=1S/C34H45N7O3.CH4S/c1-3-4-14-29-38-32-33(27-12-5-6-13-28(27)37-34(32)35)41(29)19-9-18-40(30(42)24-39-17-8-15-36-16-20-39)23-26-11-7-10-25(21-26)22-31(43)44-2;1-2/h5-7,10-13,21,36H,3-4,8-9,14-20,22-24H2,1-2H3,(H2,35,37);2H,1H3. The number of anilines is 1. The molecule has 1 saturated heterocycles. The molecule has 4 aromatic rings. The van der Waals surface area contributed by atoms with Crippen molar-refractivity contribution in [2.75, 3.05) is 58.4 Å². The van der Waals surface area contributed by atoms with Crippen LogP contribution in [-0.2, 0) is 40.3 Å². The molecule has 46 heavy (non-hydrogen) atoms. The normalized spacial score (nSPS) is 13.7. The summed E-state index contributed by atoms with van der Waals surface area (Å²) in [6.07, 6.45) is 6.66. The average Bonchev–Trinajstić information content (AvgIpc) is 3.24. The first kappa shape index (κ1) is 35.2. The number of para-hydroxylation sites is 1. The van der Waals surface area contributed by atoms with Crippen LogP contribution in [0.2, 0.25) is 0 Å². The van der Waals surface area contributed by atoms with E-state index >= 15 is 0 Å². The number of carbonyl (C=O) groups excluding carboxylic acids is 2. The molecule has 0 unspecified atom stereocenters. The first-order valence-electron chi connectivity index (χ1n) is 16.3. The summed E-state index contributed by atoms with van der Waals surface area (Å²) < 4.78 is 7.16.